The first-order valence-corrected chi connectivity index (χ1v) is 6.17. The van der Waals surface area contributed by atoms with E-state index in [1.165, 1.54) is 28.2 Å². The zero-order chi connectivity index (χ0) is 11.7. The predicted molar refractivity (Wildman–Crippen MR) is 66.5 cm³/mol. The molecule has 1 aromatic carbocycles. The highest BCUT2D eigenvalue weighted by Crippen LogP contribution is 2.33. The van der Waals surface area contributed by atoms with Crippen molar-refractivity contribution in [1.29, 1.82) is 5.26 Å². The largest absolute Gasteiger partial charge is 0.192 e. The molecule has 4 heteroatoms. The molecule has 0 saturated carbocycles. The van der Waals surface area contributed by atoms with Crippen molar-refractivity contribution in [2.75, 3.05) is 0 Å². The summed E-state index contributed by atoms with van der Waals surface area (Å²) in [5.41, 5.74) is 4.38. The highest BCUT2D eigenvalue weighted by atomic mass is 32.1. The van der Waals surface area contributed by atoms with Gasteiger partial charge in [0.15, 0.2) is 0 Å². The number of hydrogen-bond donors (Lipinski definition) is 0. The van der Waals surface area contributed by atoms with Crippen LogP contribution in [0.5, 0.6) is 0 Å². The zero-order valence-electron chi connectivity index (χ0n) is 9.05. The van der Waals surface area contributed by atoms with Gasteiger partial charge in [-0.1, -0.05) is 16.6 Å². The number of allylic oxidation sites excluding steroid dienone is 1. The highest BCUT2D eigenvalue weighted by Gasteiger charge is 2.15. The molecule has 0 atom stereocenters. The summed E-state index contributed by atoms with van der Waals surface area (Å²) < 4.78 is 3.90. The maximum Gasteiger partial charge on any atom is 0.0991 e. The lowest BCUT2D eigenvalue weighted by Gasteiger charge is -2.16. The molecule has 0 spiro atoms. The van der Waals surface area contributed by atoms with Gasteiger partial charge in [-0.25, -0.2) is 0 Å². The number of nitrogens with zero attached hydrogens (tertiary/aromatic N) is 3. The first-order chi connectivity index (χ1) is 8.38. The van der Waals surface area contributed by atoms with Gasteiger partial charge in [0.05, 0.1) is 22.7 Å². The van der Waals surface area contributed by atoms with E-state index in [-0.39, 0.29) is 0 Å². The SMILES string of the molecule is N#Cc1ccc2c(c1)CCC=C2c1cnns1. The van der Waals surface area contributed by atoms with Gasteiger partial charge in [0.1, 0.15) is 0 Å². The molecule has 1 heterocycles. The van der Waals surface area contributed by atoms with E-state index in [0.29, 0.717) is 0 Å². The maximum atomic E-state index is 8.91. The number of rotatable bonds is 1. The summed E-state index contributed by atoms with van der Waals surface area (Å²) in [7, 11) is 0. The van der Waals surface area contributed by atoms with E-state index >= 15 is 0 Å². The van der Waals surface area contributed by atoms with Crippen LogP contribution < -0.4 is 0 Å². The van der Waals surface area contributed by atoms with Crippen molar-refractivity contribution in [3.63, 3.8) is 0 Å². The fourth-order valence-electron chi connectivity index (χ4n) is 2.13. The van der Waals surface area contributed by atoms with Crippen molar-refractivity contribution >= 4 is 17.1 Å². The molecule has 3 nitrogen and oxygen atoms in total. The number of benzene rings is 1. The van der Waals surface area contributed by atoms with Gasteiger partial charge in [-0.3, -0.25) is 0 Å². The Morgan fingerprint density at radius 1 is 1.35 bits per heavy atom. The third-order valence-corrected chi connectivity index (χ3v) is 3.61. The molecule has 0 unspecified atom stereocenters. The quantitative estimate of drug-likeness (QED) is 0.768. The van der Waals surface area contributed by atoms with E-state index in [1.54, 1.807) is 6.20 Å². The monoisotopic (exact) mass is 239 g/mol. The molecule has 3 rings (SSSR count). The summed E-state index contributed by atoms with van der Waals surface area (Å²) >= 11 is 1.41. The molecule has 0 radical (unpaired) electrons. The average Bonchev–Trinajstić information content (AvgIpc) is 2.91. The Balaban J connectivity index is 2.12. The molecular formula is C13H9N3S. The number of hydrogen-bond acceptors (Lipinski definition) is 4. The van der Waals surface area contributed by atoms with Gasteiger partial charge in [0.2, 0.25) is 0 Å². The summed E-state index contributed by atoms with van der Waals surface area (Å²) in [6.45, 7) is 0. The van der Waals surface area contributed by atoms with E-state index in [9.17, 15) is 0 Å². The van der Waals surface area contributed by atoms with Crippen molar-refractivity contribution in [2.24, 2.45) is 0 Å². The van der Waals surface area contributed by atoms with E-state index in [2.05, 4.69) is 21.7 Å². The van der Waals surface area contributed by atoms with Crippen LogP contribution in [-0.4, -0.2) is 9.59 Å². The maximum absolute atomic E-state index is 8.91. The van der Waals surface area contributed by atoms with Crippen LogP contribution in [-0.2, 0) is 6.42 Å². The van der Waals surface area contributed by atoms with E-state index < -0.39 is 0 Å². The molecule has 0 fully saturated rings. The van der Waals surface area contributed by atoms with Gasteiger partial charge in [-0.2, -0.15) is 5.26 Å². The second-order valence-corrected chi connectivity index (χ2v) is 4.71. The van der Waals surface area contributed by atoms with Gasteiger partial charge in [0.25, 0.3) is 0 Å². The second-order valence-electron chi connectivity index (χ2n) is 3.92. The van der Waals surface area contributed by atoms with Crippen LogP contribution in [0.4, 0.5) is 0 Å². The van der Waals surface area contributed by atoms with E-state index in [0.717, 1.165) is 23.3 Å². The van der Waals surface area contributed by atoms with Crippen LogP contribution >= 0.6 is 11.5 Å². The first-order valence-electron chi connectivity index (χ1n) is 5.40. The second kappa shape index (κ2) is 4.11. The van der Waals surface area contributed by atoms with Crippen LogP contribution in [0.3, 0.4) is 0 Å². The minimum absolute atomic E-state index is 0.729. The van der Waals surface area contributed by atoms with Gasteiger partial charge in [0, 0.05) is 0 Å². The van der Waals surface area contributed by atoms with Gasteiger partial charge in [-0.15, -0.1) is 5.10 Å². The van der Waals surface area contributed by atoms with Gasteiger partial charge >= 0.3 is 0 Å². The topological polar surface area (TPSA) is 49.6 Å². The molecule has 1 aromatic heterocycles. The lowest BCUT2D eigenvalue weighted by Crippen LogP contribution is -2.00. The predicted octanol–water partition coefficient (Wildman–Crippen LogP) is 2.79. The molecule has 17 heavy (non-hydrogen) atoms. The third-order valence-electron chi connectivity index (χ3n) is 2.91. The van der Waals surface area contributed by atoms with Crippen molar-refractivity contribution < 1.29 is 0 Å². The summed E-state index contributed by atoms with van der Waals surface area (Å²) in [4.78, 5) is 1.09. The van der Waals surface area contributed by atoms with Crippen LogP contribution in [0.15, 0.2) is 30.5 Å². The Morgan fingerprint density at radius 2 is 2.29 bits per heavy atom. The van der Waals surface area contributed by atoms with Crippen molar-refractivity contribution in [2.45, 2.75) is 12.8 Å². The fraction of sp³-hybridized carbons (Fsp3) is 0.154. The molecule has 1 aliphatic rings. The molecule has 1 aliphatic carbocycles. The van der Waals surface area contributed by atoms with Gasteiger partial charge in [-0.05, 0) is 53.2 Å². The summed E-state index contributed by atoms with van der Waals surface area (Å²) in [6, 6.07) is 8.06. The molecule has 0 amide bonds. The number of aromatic nitrogens is 2. The Hall–Kier alpha value is -1.99. The van der Waals surface area contributed by atoms with Crippen molar-refractivity contribution in [3.8, 4) is 6.07 Å². The fourth-order valence-corrected chi connectivity index (χ4v) is 2.70. The minimum atomic E-state index is 0.729. The first kappa shape index (κ1) is 10.2. The Kier molecular flexibility index (Phi) is 2.46. The molecule has 0 aliphatic heterocycles. The van der Waals surface area contributed by atoms with E-state index in [4.69, 9.17) is 5.26 Å². The molecule has 0 N–H and O–H groups in total. The molecule has 82 valence electrons. The summed E-state index contributed by atoms with van der Waals surface area (Å²) in [6.07, 6.45) is 6.03. The van der Waals surface area contributed by atoms with Crippen LogP contribution in [0, 0.1) is 11.3 Å². The number of fused-ring (bicyclic) bond motifs is 1. The highest BCUT2D eigenvalue weighted by molar-refractivity contribution is 7.06. The molecule has 0 bridgehead atoms. The van der Waals surface area contributed by atoms with Crippen molar-refractivity contribution in [3.05, 3.63) is 52.0 Å². The van der Waals surface area contributed by atoms with Crippen molar-refractivity contribution in [1.82, 2.24) is 9.59 Å². The minimum Gasteiger partial charge on any atom is -0.192 e. The Labute approximate surface area is 103 Å². The Morgan fingerprint density at radius 3 is 3.06 bits per heavy atom. The van der Waals surface area contributed by atoms with Gasteiger partial charge < -0.3 is 0 Å². The molecule has 0 saturated heterocycles. The standard InChI is InChI=1S/C13H9N3S/c14-7-9-4-5-11-10(6-9)2-1-3-12(11)13-8-15-16-17-13/h3-6,8H,1-2H2. The van der Waals surface area contributed by atoms with E-state index in [1.807, 2.05) is 18.2 Å². The third kappa shape index (κ3) is 1.75. The average molecular weight is 239 g/mol. The normalized spacial score (nSPS) is 13.7. The Bertz CT molecular complexity index is 621. The smallest absolute Gasteiger partial charge is 0.0991 e. The van der Waals surface area contributed by atoms with Crippen LogP contribution in [0.1, 0.15) is 28.0 Å². The summed E-state index contributed by atoms with van der Waals surface area (Å²) in [5, 5.41) is 12.8. The molecule has 2 aromatic rings. The lowest BCUT2D eigenvalue weighted by molar-refractivity contribution is 0.977. The zero-order valence-corrected chi connectivity index (χ0v) is 9.87. The lowest BCUT2D eigenvalue weighted by atomic mass is 9.89. The number of nitriles is 1. The number of aryl methyl sites for hydroxylation is 1. The molecular weight excluding hydrogens is 230 g/mol. The summed E-state index contributed by atoms with van der Waals surface area (Å²) in [5.74, 6) is 0. The van der Waals surface area contributed by atoms with Crippen LogP contribution in [0.25, 0.3) is 5.57 Å². The van der Waals surface area contributed by atoms with Crippen LogP contribution in [0.2, 0.25) is 0 Å².